The second-order valence-electron chi connectivity index (χ2n) is 1.68. The van der Waals surface area contributed by atoms with Crippen molar-refractivity contribution < 1.29 is 0 Å². The van der Waals surface area contributed by atoms with Crippen molar-refractivity contribution >= 4 is 47.0 Å². The Labute approximate surface area is 72.0 Å². The molecule has 2 aliphatic heterocycles. The van der Waals surface area contributed by atoms with E-state index in [2.05, 4.69) is 0 Å². The maximum atomic E-state index is 2.03. The summed E-state index contributed by atoms with van der Waals surface area (Å²) in [5, 5.41) is 1.25. The number of hydrogen-bond donors (Lipinski definition) is 0. The first-order valence-corrected chi connectivity index (χ1v) is 6.66. The first kappa shape index (κ1) is 6.83. The zero-order valence-corrected chi connectivity index (χ0v) is 8.02. The second-order valence-corrected chi connectivity index (χ2v) is 6.74. The van der Waals surface area contributed by atoms with Gasteiger partial charge in [0.1, 0.15) is 0 Å². The molecule has 2 rings (SSSR count). The van der Waals surface area contributed by atoms with Gasteiger partial charge in [-0.2, -0.15) is 0 Å². The van der Waals surface area contributed by atoms with Gasteiger partial charge >= 0.3 is 0 Å². The minimum atomic E-state index is 1.25. The third-order valence-electron chi connectivity index (χ3n) is 1.10. The fraction of sp³-hybridized carbons (Fsp3) is 0.600. The van der Waals surface area contributed by atoms with Gasteiger partial charge < -0.3 is 0 Å². The van der Waals surface area contributed by atoms with E-state index in [0.717, 1.165) is 0 Å². The van der Waals surface area contributed by atoms with E-state index in [0.29, 0.717) is 0 Å². The Morgan fingerprint density at radius 2 is 1.33 bits per heavy atom. The van der Waals surface area contributed by atoms with Crippen LogP contribution in [0.1, 0.15) is 0 Å². The Morgan fingerprint density at radius 1 is 0.778 bits per heavy atom. The van der Waals surface area contributed by atoms with Crippen molar-refractivity contribution in [2.24, 2.45) is 0 Å². The van der Waals surface area contributed by atoms with E-state index in [1.165, 1.54) is 16.6 Å². The van der Waals surface area contributed by atoms with Crippen LogP contribution < -0.4 is 0 Å². The monoisotopic (exact) mass is 194 g/mol. The van der Waals surface area contributed by atoms with Gasteiger partial charge in [0.15, 0.2) is 0 Å². The second kappa shape index (κ2) is 3.03. The van der Waals surface area contributed by atoms with Crippen LogP contribution in [0.2, 0.25) is 0 Å². The van der Waals surface area contributed by atoms with E-state index < -0.39 is 0 Å². The molecule has 0 atom stereocenters. The maximum Gasteiger partial charge on any atom is 0.0611 e. The van der Waals surface area contributed by atoms with Crippen LogP contribution >= 0.6 is 47.0 Å². The largest absolute Gasteiger partial charge is 0.117 e. The van der Waals surface area contributed by atoms with Crippen LogP contribution in [0.5, 0.6) is 0 Å². The van der Waals surface area contributed by atoms with Gasteiger partial charge in [-0.1, -0.05) is 0 Å². The first-order chi connectivity index (χ1) is 4.47. The van der Waals surface area contributed by atoms with Crippen LogP contribution in [0.3, 0.4) is 0 Å². The van der Waals surface area contributed by atoms with Gasteiger partial charge in [0.2, 0.25) is 0 Å². The molecule has 0 fully saturated rings. The molecule has 0 amide bonds. The quantitative estimate of drug-likeness (QED) is 0.581. The summed E-state index contributed by atoms with van der Waals surface area (Å²) in [7, 11) is 0. The summed E-state index contributed by atoms with van der Waals surface area (Å²) < 4.78 is 3.19. The maximum absolute atomic E-state index is 2.03. The third-order valence-corrected chi connectivity index (χ3v) is 6.91. The normalized spacial score (nSPS) is 26.7. The highest BCUT2D eigenvalue weighted by atomic mass is 32.3. The van der Waals surface area contributed by atoms with E-state index in [9.17, 15) is 0 Å². The number of rotatable bonds is 0. The first-order valence-electron chi connectivity index (χ1n) is 2.72. The molecule has 0 aromatic rings. The molecular formula is C5H6S4. The number of hydrogen-bond acceptors (Lipinski definition) is 4. The molecule has 0 aromatic carbocycles. The molecule has 4 heteroatoms. The minimum absolute atomic E-state index is 1.25. The van der Waals surface area contributed by atoms with Crippen LogP contribution in [0.15, 0.2) is 8.47 Å². The summed E-state index contributed by atoms with van der Waals surface area (Å²) in [6.07, 6.45) is 0. The average Bonchev–Trinajstić information content (AvgIpc) is 2.33. The van der Waals surface area contributed by atoms with E-state index >= 15 is 0 Å². The summed E-state index contributed by atoms with van der Waals surface area (Å²) >= 11 is 8.09. The lowest BCUT2D eigenvalue weighted by molar-refractivity contribution is 1.56. The Kier molecular flexibility index (Phi) is 2.30. The molecular weight excluding hydrogens is 188 g/mol. The third kappa shape index (κ3) is 1.42. The molecule has 0 aliphatic carbocycles. The van der Waals surface area contributed by atoms with Gasteiger partial charge in [0.05, 0.1) is 8.47 Å². The van der Waals surface area contributed by atoms with Crippen LogP contribution in [0.4, 0.5) is 0 Å². The van der Waals surface area contributed by atoms with Crippen LogP contribution in [0.25, 0.3) is 0 Å². The van der Waals surface area contributed by atoms with Crippen molar-refractivity contribution in [2.75, 3.05) is 16.6 Å². The van der Waals surface area contributed by atoms with Gasteiger partial charge in [0, 0.05) is 16.6 Å². The average molecular weight is 194 g/mol. The lowest BCUT2D eigenvalue weighted by Gasteiger charge is -2.09. The molecule has 2 heterocycles. The van der Waals surface area contributed by atoms with Crippen molar-refractivity contribution in [1.29, 1.82) is 0 Å². The minimum Gasteiger partial charge on any atom is -0.117 e. The molecule has 0 saturated carbocycles. The topological polar surface area (TPSA) is 0 Å². The van der Waals surface area contributed by atoms with Gasteiger partial charge in [0.25, 0.3) is 0 Å². The van der Waals surface area contributed by atoms with Crippen LogP contribution in [0, 0.1) is 0 Å². The number of thioether (sulfide) groups is 4. The van der Waals surface area contributed by atoms with E-state index in [1.54, 1.807) is 8.47 Å². The Hall–Kier alpha value is 1.14. The fourth-order valence-electron chi connectivity index (χ4n) is 0.724. The van der Waals surface area contributed by atoms with E-state index in [4.69, 9.17) is 0 Å². The molecule has 0 nitrogen and oxygen atoms in total. The van der Waals surface area contributed by atoms with Crippen molar-refractivity contribution in [3.8, 4) is 0 Å². The molecule has 2 aliphatic rings. The highest BCUT2D eigenvalue weighted by Gasteiger charge is 2.19. The predicted molar refractivity (Wildman–Crippen MR) is 52.0 cm³/mol. The zero-order valence-electron chi connectivity index (χ0n) is 4.75. The molecule has 0 unspecified atom stereocenters. The van der Waals surface area contributed by atoms with Crippen molar-refractivity contribution in [1.82, 2.24) is 0 Å². The molecule has 0 spiro atoms. The Bertz CT molecular complexity index is 135. The smallest absolute Gasteiger partial charge is 0.0611 e. The summed E-state index contributed by atoms with van der Waals surface area (Å²) in [6.45, 7) is 0. The van der Waals surface area contributed by atoms with Gasteiger partial charge in [-0.25, -0.2) is 0 Å². The lowest BCUT2D eigenvalue weighted by Crippen LogP contribution is -1.88. The van der Waals surface area contributed by atoms with Gasteiger partial charge in [-0.05, 0) is 0 Å². The standard InChI is InChI=1S/C5H6S4/c1-2-7-5-4(6-1)8-3-9-5/h1-3H2. The molecule has 0 bridgehead atoms. The van der Waals surface area contributed by atoms with Crippen molar-refractivity contribution in [2.45, 2.75) is 0 Å². The summed E-state index contributed by atoms with van der Waals surface area (Å²) in [4.78, 5) is 0. The van der Waals surface area contributed by atoms with Crippen LogP contribution in [-0.2, 0) is 0 Å². The molecule has 0 aromatic heterocycles. The summed E-state index contributed by atoms with van der Waals surface area (Å²) in [5.74, 6) is 2.63. The zero-order chi connectivity index (χ0) is 6.10. The SMILES string of the molecule is C1CSC2=C(S1)SCS2. The molecule has 0 saturated heterocycles. The predicted octanol–water partition coefficient (Wildman–Crippen LogP) is 3.03. The lowest BCUT2D eigenvalue weighted by atomic mass is 11.0. The van der Waals surface area contributed by atoms with E-state index in [1.807, 2.05) is 47.0 Å². The molecule has 50 valence electrons. The highest BCUT2D eigenvalue weighted by molar-refractivity contribution is 8.37. The van der Waals surface area contributed by atoms with Crippen LogP contribution in [-0.4, -0.2) is 16.6 Å². The molecule has 9 heavy (non-hydrogen) atoms. The molecule has 0 N–H and O–H groups in total. The van der Waals surface area contributed by atoms with E-state index in [-0.39, 0.29) is 0 Å². The van der Waals surface area contributed by atoms with Gasteiger partial charge in [-0.15, -0.1) is 47.0 Å². The fourth-order valence-corrected chi connectivity index (χ4v) is 6.77. The Balaban J connectivity index is 2.17. The van der Waals surface area contributed by atoms with Gasteiger partial charge in [-0.3, -0.25) is 0 Å². The summed E-state index contributed by atoms with van der Waals surface area (Å²) in [5.41, 5.74) is 0. The summed E-state index contributed by atoms with van der Waals surface area (Å²) in [6, 6.07) is 0. The highest BCUT2D eigenvalue weighted by Crippen LogP contribution is 2.52. The molecule has 0 radical (unpaired) electrons. The Morgan fingerprint density at radius 3 is 1.89 bits per heavy atom. The van der Waals surface area contributed by atoms with Crippen molar-refractivity contribution in [3.63, 3.8) is 0 Å². The van der Waals surface area contributed by atoms with Crippen molar-refractivity contribution in [3.05, 3.63) is 8.47 Å².